The number of rotatable bonds is 5. The maximum Gasteiger partial charge on any atom is 0.340 e. The van der Waals surface area contributed by atoms with Gasteiger partial charge in [-0.25, -0.2) is 9.69 Å². The van der Waals surface area contributed by atoms with E-state index in [0.29, 0.717) is 5.56 Å². The zero-order valence-corrected chi connectivity index (χ0v) is 16.1. The van der Waals surface area contributed by atoms with Crippen LogP contribution in [0.15, 0.2) is 66.7 Å². The van der Waals surface area contributed by atoms with E-state index in [2.05, 4.69) is 0 Å². The van der Waals surface area contributed by atoms with Crippen molar-refractivity contribution in [3.8, 4) is 0 Å². The van der Waals surface area contributed by atoms with E-state index in [9.17, 15) is 19.2 Å². The van der Waals surface area contributed by atoms with E-state index in [1.54, 1.807) is 48.5 Å². The molecule has 2 aromatic carbocycles. The summed E-state index contributed by atoms with van der Waals surface area (Å²) in [6, 6.07) is 14.9. The molecule has 0 spiro atoms. The van der Waals surface area contributed by atoms with Gasteiger partial charge in [0.05, 0.1) is 23.1 Å². The summed E-state index contributed by atoms with van der Waals surface area (Å²) in [5, 5.41) is 0. The van der Waals surface area contributed by atoms with E-state index in [1.165, 1.54) is 6.07 Å². The molecule has 2 fully saturated rings. The first-order valence-corrected chi connectivity index (χ1v) is 9.97. The van der Waals surface area contributed by atoms with Gasteiger partial charge in [-0.05, 0) is 30.4 Å². The number of carbonyl (C=O) groups excluding carboxylic acids is 4. The largest absolute Gasteiger partial charge is 0.454 e. The molecule has 2 amide bonds. The number of Topliss-reactive ketones (excluding diaryl/α,β-unsaturated/α-hetero) is 1. The van der Waals surface area contributed by atoms with Gasteiger partial charge < -0.3 is 4.74 Å². The minimum Gasteiger partial charge on any atom is -0.454 e. The van der Waals surface area contributed by atoms with Gasteiger partial charge in [0, 0.05) is 5.56 Å². The Bertz CT molecular complexity index is 1060. The minimum absolute atomic E-state index is 0.0871. The van der Waals surface area contributed by atoms with Crippen LogP contribution in [-0.4, -0.2) is 30.2 Å². The normalized spacial score (nSPS) is 26.2. The van der Waals surface area contributed by atoms with Crippen LogP contribution in [0.3, 0.4) is 0 Å². The number of allylic oxidation sites excluding steroid dienone is 2. The van der Waals surface area contributed by atoms with Crippen LogP contribution >= 0.6 is 0 Å². The van der Waals surface area contributed by atoms with Crippen LogP contribution in [0, 0.1) is 23.7 Å². The highest BCUT2D eigenvalue weighted by Crippen LogP contribution is 2.53. The fraction of sp³-hybridized carbons (Fsp3) is 0.250. The van der Waals surface area contributed by atoms with Gasteiger partial charge in [0.25, 0.3) is 0 Å². The van der Waals surface area contributed by atoms with Crippen molar-refractivity contribution >= 4 is 29.3 Å². The molecule has 6 heteroatoms. The number of ether oxygens (including phenoxy) is 1. The molecule has 0 radical (unpaired) electrons. The molecule has 2 aliphatic carbocycles. The number of amides is 2. The summed E-state index contributed by atoms with van der Waals surface area (Å²) in [6.07, 6.45) is 4.89. The standard InChI is InChI=1S/C24H19NO5/c26-19(14-6-2-1-3-7-14)13-30-24(29)17-8-4-5-9-18(17)25-22(27)20-15-10-11-16(12-15)21(20)23(25)28/h1-11,15-16,20-21H,12-13H2/t15-,16-,20-,21+/m0/s1. The second-order valence-corrected chi connectivity index (χ2v) is 7.89. The van der Waals surface area contributed by atoms with Crippen molar-refractivity contribution in [1.29, 1.82) is 0 Å². The zero-order valence-electron chi connectivity index (χ0n) is 16.1. The number of esters is 1. The van der Waals surface area contributed by atoms with E-state index in [0.717, 1.165) is 11.3 Å². The maximum absolute atomic E-state index is 13.1. The number of imide groups is 1. The Labute approximate surface area is 173 Å². The zero-order chi connectivity index (χ0) is 20.8. The molecule has 0 aromatic heterocycles. The van der Waals surface area contributed by atoms with Crippen LogP contribution in [0.5, 0.6) is 0 Å². The molecule has 5 rings (SSSR count). The number of fused-ring (bicyclic) bond motifs is 5. The first-order chi connectivity index (χ1) is 14.6. The van der Waals surface area contributed by atoms with E-state index in [-0.39, 0.29) is 52.5 Å². The summed E-state index contributed by atoms with van der Waals surface area (Å²) in [6.45, 7) is -0.418. The number of carbonyl (C=O) groups is 4. The van der Waals surface area contributed by atoms with Gasteiger partial charge in [-0.1, -0.05) is 54.6 Å². The molecule has 2 aromatic rings. The third kappa shape index (κ3) is 2.79. The Morgan fingerprint density at radius 3 is 2.13 bits per heavy atom. The summed E-state index contributed by atoms with van der Waals surface area (Å²) >= 11 is 0. The molecule has 4 atom stereocenters. The Kier molecular flexibility index (Phi) is 4.35. The maximum atomic E-state index is 13.1. The lowest BCUT2D eigenvalue weighted by Crippen LogP contribution is -2.34. The lowest BCUT2D eigenvalue weighted by Gasteiger charge is -2.19. The summed E-state index contributed by atoms with van der Waals surface area (Å²) in [4.78, 5) is 52.3. The average molecular weight is 401 g/mol. The van der Waals surface area contributed by atoms with E-state index >= 15 is 0 Å². The predicted molar refractivity (Wildman–Crippen MR) is 108 cm³/mol. The fourth-order valence-electron chi connectivity index (χ4n) is 4.90. The monoisotopic (exact) mass is 401 g/mol. The van der Waals surface area contributed by atoms with Gasteiger partial charge in [-0.3, -0.25) is 14.4 Å². The number of nitrogens with zero attached hydrogens (tertiary/aromatic N) is 1. The Hall–Kier alpha value is -3.54. The fourth-order valence-corrected chi connectivity index (χ4v) is 4.90. The molecule has 0 N–H and O–H groups in total. The molecular weight excluding hydrogens is 382 g/mol. The van der Waals surface area contributed by atoms with Crippen molar-refractivity contribution < 1.29 is 23.9 Å². The highest BCUT2D eigenvalue weighted by Gasteiger charge is 2.59. The number of anilines is 1. The molecule has 1 saturated heterocycles. The predicted octanol–water partition coefficient (Wildman–Crippen LogP) is 3.04. The van der Waals surface area contributed by atoms with E-state index in [1.807, 2.05) is 12.2 Å². The molecule has 1 heterocycles. The van der Waals surface area contributed by atoms with Crippen LogP contribution in [0.4, 0.5) is 5.69 Å². The lowest BCUT2D eigenvalue weighted by molar-refractivity contribution is -0.123. The minimum atomic E-state index is -0.742. The third-order valence-electron chi connectivity index (χ3n) is 6.27. The molecule has 3 aliphatic rings. The summed E-state index contributed by atoms with van der Waals surface area (Å²) in [7, 11) is 0. The molecule has 2 bridgehead atoms. The van der Waals surface area contributed by atoms with Gasteiger partial charge in [0.15, 0.2) is 12.4 Å². The molecular formula is C24H19NO5. The molecule has 1 aliphatic heterocycles. The second-order valence-electron chi connectivity index (χ2n) is 7.89. The van der Waals surface area contributed by atoms with Crippen molar-refractivity contribution in [2.24, 2.45) is 23.7 Å². The van der Waals surface area contributed by atoms with Crippen LogP contribution < -0.4 is 4.90 Å². The third-order valence-corrected chi connectivity index (χ3v) is 6.27. The Morgan fingerprint density at radius 1 is 0.867 bits per heavy atom. The summed E-state index contributed by atoms with van der Waals surface area (Å²) < 4.78 is 5.21. The Balaban J connectivity index is 1.37. The van der Waals surface area contributed by atoms with Crippen molar-refractivity contribution in [2.45, 2.75) is 6.42 Å². The number of benzene rings is 2. The first-order valence-electron chi connectivity index (χ1n) is 9.97. The molecule has 1 saturated carbocycles. The van der Waals surface area contributed by atoms with Crippen molar-refractivity contribution in [3.63, 3.8) is 0 Å². The number of para-hydroxylation sites is 1. The molecule has 0 unspecified atom stereocenters. The van der Waals surface area contributed by atoms with E-state index in [4.69, 9.17) is 4.74 Å². The molecule has 30 heavy (non-hydrogen) atoms. The second kappa shape index (κ2) is 7.06. The highest BCUT2D eigenvalue weighted by atomic mass is 16.5. The topological polar surface area (TPSA) is 80.8 Å². The number of hydrogen-bond acceptors (Lipinski definition) is 5. The van der Waals surface area contributed by atoms with Gasteiger partial charge >= 0.3 is 5.97 Å². The first kappa shape index (κ1) is 18.5. The smallest absolute Gasteiger partial charge is 0.340 e. The SMILES string of the molecule is O=C(COC(=O)c1ccccc1N1C(=O)[C@@H]2[C@H](C1=O)[C@H]1C=C[C@H]2C1)c1ccccc1. The highest BCUT2D eigenvalue weighted by molar-refractivity contribution is 6.24. The van der Waals surface area contributed by atoms with Gasteiger partial charge in [-0.2, -0.15) is 0 Å². The van der Waals surface area contributed by atoms with Crippen LogP contribution in [0.1, 0.15) is 27.1 Å². The van der Waals surface area contributed by atoms with Crippen LogP contribution in [-0.2, 0) is 14.3 Å². The van der Waals surface area contributed by atoms with Crippen molar-refractivity contribution in [3.05, 3.63) is 77.9 Å². The van der Waals surface area contributed by atoms with Crippen LogP contribution in [0.25, 0.3) is 0 Å². The lowest BCUT2D eigenvalue weighted by atomic mass is 9.85. The summed E-state index contributed by atoms with van der Waals surface area (Å²) in [5.41, 5.74) is 0.762. The van der Waals surface area contributed by atoms with Crippen LogP contribution in [0.2, 0.25) is 0 Å². The average Bonchev–Trinajstić information content (AvgIpc) is 3.46. The van der Waals surface area contributed by atoms with Gasteiger partial charge in [-0.15, -0.1) is 0 Å². The number of ketones is 1. The molecule has 150 valence electrons. The number of hydrogen-bond donors (Lipinski definition) is 0. The van der Waals surface area contributed by atoms with Crippen molar-refractivity contribution in [2.75, 3.05) is 11.5 Å². The Morgan fingerprint density at radius 2 is 1.47 bits per heavy atom. The van der Waals surface area contributed by atoms with Gasteiger partial charge in [0.2, 0.25) is 11.8 Å². The quantitative estimate of drug-likeness (QED) is 0.333. The van der Waals surface area contributed by atoms with Gasteiger partial charge in [0.1, 0.15) is 0 Å². The van der Waals surface area contributed by atoms with E-state index < -0.39 is 12.6 Å². The molecule has 6 nitrogen and oxygen atoms in total. The van der Waals surface area contributed by atoms with Crippen molar-refractivity contribution in [1.82, 2.24) is 0 Å². The summed E-state index contributed by atoms with van der Waals surface area (Å²) in [5.74, 6) is -2.12.